The second-order valence-electron chi connectivity index (χ2n) is 7.01. The second-order valence-corrected chi connectivity index (χ2v) is 7.01. The molecule has 1 aliphatic heterocycles. The van der Waals surface area contributed by atoms with Gasteiger partial charge in [0.2, 0.25) is 11.6 Å². The highest BCUT2D eigenvalue weighted by Crippen LogP contribution is 2.50. The molecule has 0 aromatic heterocycles. The Balaban J connectivity index is 2.14. The lowest BCUT2D eigenvalue weighted by molar-refractivity contribution is -0.112. The van der Waals surface area contributed by atoms with Gasteiger partial charge in [-0.1, -0.05) is 38.1 Å². The monoisotopic (exact) mass is 306 g/mol. The lowest BCUT2D eigenvalue weighted by Gasteiger charge is -2.25. The molecule has 0 saturated carbocycles. The number of carbonyl (C=O) groups is 2. The lowest BCUT2D eigenvalue weighted by Crippen LogP contribution is -2.32. The number of hydrogen-bond donors (Lipinski definition) is 0. The van der Waals surface area contributed by atoms with Crippen molar-refractivity contribution in [3.8, 4) is 0 Å². The summed E-state index contributed by atoms with van der Waals surface area (Å²) in [7, 11) is 0. The second kappa shape index (κ2) is 4.31. The maximum absolute atomic E-state index is 12.8. The highest BCUT2D eigenvalue weighted by atomic mass is 16.5. The van der Waals surface area contributed by atoms with Crippen LogP contribution in [0.4, 0.5) is 0 Å². The summed E-state index contributed by atoms with van der Waals surface area (Å²) in [6, 6.07) is 9.70. The molecule has 1 atom stereocenters. The molecular formula is C20H18O3. The number of aryl methyl sites for hydroxylation is 1. The maximum Gasteiger partial charge on any atom is 0.234 e. The highest BCUT2D eigenvalue weighted by Gasteiger charge is 2.50. The molecule has 116 valence electrons. The van der Waals surface area contributed by atoms with Gasteiger partial charge in [0.1, 0.15) is 11.9 Å². The maximum atomic E-state index is 12.8. The van der Waals surface area contributed by atoms with E-state index in [1.54, 1.807) is 0 Å². The molecule has 0 saturated heterocycles. The van der Waals surface area contributed by atoms with Crippen LogP contribution in [0, 0.1) is 12.3 Å². The summed E-state index contributed by atoms with van der Waals surface area (Å²) in [5.74, 6) is -0.243. The van der Waals surface area contributed by atoms with Crippen LogP contribution in [0.2, 0.25) is 0 Å². The van der Waals surface area contributed by atoms with Crippen molar-refractivity contribution in [1.82, 2.24) is 0 Å². The zero-order valence-corrected chi connectivity index (χ0v) is 13.7. The van der Waals surface area contributed by atoms with E-state index in [2.05, 4.69) is 0 Å². The number of ketones is 2. The van der Waals surface area contributed by atoms with Gasteiger partial charge in [-0.15, -0.1) is 0 Å². The van der Waals surface area contributed by atoms with Crippen LogP contribution in [0.5, 0.6) is 0 Å². The molecular weight excluding hydrogens is 288 g/mol. The average Bonchev–Trinajstić information content (AvgIpc) is 2.75. The first kappa shape index (κ1) is 14.2. The van der Waals surface area contributed by atoms with Crippen LogP contribution >= 0.6 is 0 Å². The van der Waals surface area contributed by atoms with E-state index in [1.807, 2.05) is 58.0 Å². The number of hydrogen-bond acceptors (Lipinski definition) is 3. The molecule has 1 aliphatic carbocycles. The van der Waals surface area contributed by atoms with Gasteiger partial charge in [0.15, 0.2) is 0 Å². The summed E-state index contributed by atoms with van der Waals surface area (Å²) in [5, 5.41) is 1.83. The first-order valence-electron chi connectivity index (χ1n) is 7.87. The fraction of sp³-hybridized carbons (Fsp3) is 0.300. The van der Waals surface area contributed by atoms with Gasteiger partial charge in [-0.3, -0.25) is 9.59 Å². The third-order valence-corrected chi connectivity index (χ3v) is 5.34. The minimum absolute atomic E-state index is 0.137. The molecule has 2 aromatic rings. The van der Waals surface area contributed by atoms with Crippen LogP contribution in [0.3, 0.4) is 0 Å². The molecule has 2 aliphatic rings. The Bertz CT molecular complexity index is 931. The van der Waals surface area contributed by atoms with E-state index in [-0.39, 0.29) is 6.10 Å². The van der Waals surface area contributed by atoms with Crippen molar-refractivity contribution in [2.24, 2.45) is 5.41 Å². The SMILES string of the molecule is Cc1cc2c(c3ccccc13)C(=O)C(=O)C1=C2OC(C)C1(C)C. The quantitative estimate of drug-likeness (QED) is 0.689. The van der Waals surface area contributed by atoms with Gasteiger partial charge in [-0.2, -0.15) is 0 Å². The Morgan fingerprint density at radius 3 is 2.39 bits per heavy atom. The molecule has 3 nitrogen and oxygen atoms in total. The van der Waals surface area contributed by atoms with Crippen molar-refractivity contribution in [2.75, 3.05) is 0 Å². The summed E-state index contributed by atoms with van der Waals surface area (Å²) in [5.41, 5.74) is 2.39. The molecule has 0 amide bonds. The number of Topliss-reactive ketones (excluding diaryl/α,β-unsaturated/α-hetero) is 2. The third-order valence-electron chi connectivity index (χ3n) is 5.34. The number of fused-ring (bicyclic) bond motifs is 4. The molecule has 1 heterocycles. The van der Waals surface area contributed by atoms with E-state index in [0.717, 1.165) is 21.9 Å². The van der Waals surface area contributed by atoms with E-state index in [4.69, 9.17) is 4.74 Å². The van der Waals surface area contributed by atoms with E-state index in [1.165, 1.54) is 0 Å². The standard InChI is InChI=1S/C20H18O3/c1-10-9-14-15(13-8-6-5-7-12(10)13)17(21)18(22)16-19(14)23-11(2)20(16,3)4/h5-9,11H,1-4H3. The topological polar surface area (TPSA) is 43.4 Å². The smallest absolute Gasteiger partial charge is 0.234 e. The van der Waals surface area contributed by atoms with Crippen LogP contribution in [-0.4, -0.2) is 17.7 Å². The molecule has 0 bridgehead atoms. The highest BCUT2D eigenvalue weighted by molar-refractivity contribution is 6.54. The van der Waals surface area contributed by atoms with Crippen molar-refractivity contribution >= 4 is 28.1 Å². The Morgan fingerprint density at radius 1 is 1.04 bits per heavy atom. The van der Waals surface area contributed by atoms with Crippen LogP contribution < -0.4 is 0 Å². The zero-order valence-electron chi connectivity index (χ0n) is 13.7. The van der Waals surface area contributed by atoms with Crippen molar-refractivity contribution in [3.63, 3.8) is 0 Å². The van der Waals surface area contributed by atoms with Crippen molar-refractivity contribution in [1.29, 1.82) is 0 Å². The molecule has 3 heteroatoms. The van der Waals surface area contributed by atoms with E-state index >= 15 is 0 Å². The molecule has 1 unspecified atom stereocenters. The number of ether oxygens (including phenoxy) is 1. The van der Waals surface area contributed by atoms with E-state index in [0.29, 0.717) is 16.9 Å². The summed E-state index contributed by atoms with van der Waals surface area (Å²) >= 11 is 0. The van der Waals surface area contributed by atoms with Crippen LogP contribution in [0.15, 0.2) is 35.9 Å². The van der Waals surface area contributed by atoms with Gasteiger partial charge in [0.25, 0.3) is 0 Å². The van der Waals surface area contributed by atoms with Crippen molar-refractivity contribution in [3.05, 3.63) is 52.6 Å². The van der Waals surface area contributed by atoms with Gasteiger partial charge < -0.3 is 4.74 Å². The van der Waals surface area contributed by atoms with Gasteiger partial charge >= 0.3 is 0 Å². The van der Waals surface area contributed by atoms with E-state index < -0.39 is 17.0 Å². The summed E-state index contributed by atoms with van der Waals surface area (Å²) in [6.45, 7) is 7.89. The predicted octanol–water partition coefficient (Wildman–Crippen LogP) is 4.07. The Morgan fingerprint density at radius 2 is 1.70 bits per heavy atom. The lowest BCUT2D eigenvalue weighted by atomic mass is 9.73. The molecule has 23 heavy (non-hydrogen) atoms. The van der Waals surface area contributed by atoms with Crippen LogP contribution in [-0.2, 0) is 9.53 Å². The van der Waals surface area contributed by atoms with Gasteiger partial charge in [-0.25, -0.2) is 0 Å². The van der Waals surface area contributed by atoms with Gasteiger partial charge in [0, 0.05) is 16.5 Å². The van der Waals surface area contributed by atoms with Crippen LogP contribution in [0.1, 0.15) is 42.3 Å². The van der Waals surface area contributed by atoms with Crippen LogP contribution in [0.25, 0.3) is 16.5 Å². The summed E-state index contributed by atoms with van der Waals surface area (Å²) in [6.07, 6.45) is -0.137. The minimum atomic E-state index is -0.459. The first-order valence-corrected chi connectivity index (χ1v) is 7.87. The Labute approximate surface area is 134 Å². The average molecular weight is 306 g/mol. The number of benzene rings is 2. The molecule has 2 aromatic carbocycles. The molecule has 0 spiro atoms. The third kappa shape index (κ3) is 1.65. The first-order chi connectivity index (χ1) is 10.8. The van der Waals surface area contributed by atoms with Gasteiger partial charge in [-0.05, 0) is 36.2 Å². The Hall–Kier alpha value is -2.42. The predicted molar refractivity (Wildman–Crippen MR) is 89.3 cm³/mol. The Kier molecular flexibility index (Phi) is 2.66. The van der Waals surface area contributed by atoms with Crippen molar-refractivity contribution < 1.29 is 14.3 Å². The molecule has 0 radical (unpaired) electrons. The zero-order chi connectivity index (χ0) is 16.5. The molecule has 0 N–H and O–H groups in total. The fourth-order valence-electron chi connectivity index (χ4n) is 3.68. The van der Waals surface area contributed by atoms with E-state index in [9.17, 15) is 9.59 Å². The number of rotatable bonds is 0. The summed E-state index contributed by atoms with van der Waals surface area (Å²) < 4.78 is 6.04. The molecule has 4 rings (SSSR count). The number of carbonyl (C=O) groups excluding carboxylic acids is 2. The summed E-state index contributed by atoms with van der Waals surface area (Å²) in [4.78, 5) is 25.6. The van der Waals surface area contributed by atoms with Crippen molar-refractivity contribution in [2.45, 2.75) is 33.8 Å². The normalized spacial score (nSPS) is 22.2. The largest absolute Gasteiger partial charge is 0.489 e. The molecule has 0 fully saturated rings. The van der Waals surface area contributed by atoms with Gasteiger partial charge in [0.05, 0.1) is 5.57 Å². The fourth-order valence-corrected chi connectivity index (χ4v) is 3.68. The minimum Gasteiger partial charge on any atom is -0.489 e.